The molecular weight excluding hydrogens is 332 g/mol. The van der Waals surface area contributed by atoms with Crippen LogP contribution in [0, 0.1) is 19.8 Å². The van der Waals surface area contributed by atoms with E-state index in [9.17, 15) is 14.4 Å². The fraction of sp³-hybridized carbons (Fsp3) is 0.650. The van der Waals surface area contributed by atoms with Gasteiger partial charge in [0, 0.05) is 23.8 Å². The first-order valence-electron chi connectivity index (χ1n) is 9.56. The molecule has 2 atom stereocenters. The standard InChI is InChI=1S/C20H28N2O4/c1-12-18(14(3)23)13(2)21-19(12)20(25)26-11-17(24)22-10-6-8-15-7-4-5-9-16(15)22/h15-16,21H,4-11H2,1-3H3/t15-,16+/m0/s1. The molecule has 1 amide bonds. The van der Waals surface area contributed by atoms with Crippen molar-refractivity contribution in [3.63, 3.8) is 0 Å². The molecule has 0 spiro atoms. The van der Waals surface area contributed by atoms with Gasteiger partial charge < -0.3 is 14.6 Å². The van der Waals surface area contributed by atoms with Crippen LogP contribution in [0.25, 0.3) is 0 Å². The molecule has 3 rings (SSSR count). The Kier molecular flexibility index (Phi) is 5.49. The maximum Gasteiger partial charge on any atom is 0.355 e. The van der Waals surface area contributed by atoms with Crippen molar-refractivity contribution < 1.29 is 19.1 Å². The predicted molar refractivity (Wildman–Crippen MR) is 97.2 cm³/mol. The highest BCUT2D eigenvalue weighted by atomic mass is 16.5. The van der Waals surface area contributed by atoms with Gasteiger partial charge in [-0.15, -0.1) is 0 Å². The summed E-state index contributed by atoms with van der Waals surface area (Å²) in [6, 6.07) is 0.308. The molecule has 1 saturated heterocycles. The molecule has 2 aliphatic rings. The van der Waals surface area contributed by atoms with Crippen LogP contribution < -0.4 is 0 Å². The number of esters is 1. The maximum absolute atomic E-state index is 12.6. The van der Waals surface area contributed by atoms with Gasteiger partial charge in [0.15, 0.2) is 12.4 Å². The topological polar surface area (TPSA) is 79.5 Å². The first-order chi connectivity index (χ1) is 12.4. The Labute approximate surface area is 154 Å². The van der Waals surface area contributed by atoms with Crippen LogP contribution in [-0.4, -0.2) is 46.7 Å². The van der Waals surface area contributed by atoms with Crippen molar-refractivity contribution in [3.05, 3.63) is 22.5 Å². The molecule has 0 bridgehead atoms. The Morgan fingerprint density at radius 1 is 1.12 bits per heavy atom. The number of aromatic nitrogens is 1. The Bertz CT molecular complexity index is 720. The third-order valence-corrected chi connectivity index (χ3v) is 5.88. The molecule has 0 unspecified atom stereocenters. The number of rotatable bonds is 4. The normalized spacial score (nSPS) is 22.7. The van der Waals surface area contributed by atoms with Gasteiger partial charge in [0.05, 0.1) is 0 Å². The van der Waals surface area contributed by atoms with Crippen LogP contribution >= 0.6 is 0 Å². The SMILES string of the molecule is CC(=O)c1c(C)[nH]c(C(=O)OCC(=O)N2CCC[C@@H]3CCCC[C@H]32)c1C. The zero-order chi connectivity index (χ0) is 18.8. The molecule has 26 heavy (non-hydrogen) atoms. The van der Waals surface area contributed by atoms with Crippen molar-refractivity contribution in [2.45, 2.75) is 65.3 Å². The van der Waals surface area contributed by atoms with Gasteiger partial charge in [-0.1, -0.05) is 12.8 Å². The van der Waals surface area contributed by atoms with E-state index in [1.54, 1.807) is 13.8 Å². The van der Waals surface area contributed by atoms with Gasteiger partial charge in [-0.3, -0.25) is 9.59 Å². The van der Waals surface area contributed by atoms with Gasteiger partial charge in [0.25, 0.3) is 5.91 Å². The number of hydrogen-bond donors (Lipinski definition) is 1. The van der Waals surface area contributed by atoms with Crippen LogP contribution in [0.2, 0.25) is 0 Å². The monoisotopic (exact) mass is 360 g/mol. The Balaban J connectivity index is 1.63. The van der Waals surface area contributed by atoms with E-state index in [2.05, 4.69) is 4.98 Å². The molecule has 1 aromatic rings. The number of nitrogens with zero attached hydrogens (tertiary/aromatic N) is 1. The molecule has 1 aliphatic heterocycles. The van der Waals surface area contributed by atoms with Gasteiger partial charge in [-0.25, -0.2) is 4.79 Å². The van der Waals surface area contributed by atoms with Crippen LogP contribution in [0.5, 0.6) is 0 Å². The lowest BCUT2D eigenvalue weighted by Crippen LogP contribution is -2.50. The third-order valence-electron chi connectivity index (χ3n) is 5.88. The quantitative estimate of drug-likeness (QED) is 0.661. The van der Waals surface area contributed by atoms with E-state index >= 15 is 0 Å². The number of H-pyrrole nitrogens is 1. The van der Waals surface area contributed by atoms with E-state index in [4.69, 9.17) is 4.74 Å². The number of likely N-dealkylation sites (tertiary alicyclic amines) is 1. The smallest absolute Gasteiger partial charge is 0.355 e. The van der Waals surface area contributed by atoms with Crippen LogP contribution in [0.15, 0.2) is 0 Å². The number of Topliss-reactive ketones (excluding diaryl/α,β-unsaturated/α-hetero) is 1. The summed E-state index contributed by atoms with van der Waals surface area (Å²) in [5.41, 5.74) is 2.01. The molecule has 6 nitrogen and oxygen atoms in total. The van der Waals surface area contributed by atoms with Crippen LogP contribution in [-0.2, 0) is 9.53 Å². The van der Waals surface area contributed by atoms with Crippen molar-refractivity contribution in [1.82, 2.24) is 9.88 Å². The highest BCUT2D eigenvalue weighted by molar-refractivity contribution is 6.01. The fourth-order valence-corrected chi connectivity index (χ4v) is 4.70. The lowest BCUT2D eigenvalue weighted by atomic mass is 9.78. The Morgan fingerprint density at radius 2 is 1.81 bits per heavy atom. The number of hydrogen-bond acceptors (Lipinski definition) is 4. The second kappa shape index (κ2) is 7.64. The van der Waals surface area contributed by atoms with E-state index in [0.717, 1.165) is 19.4 Å². The van der Waals surface area contributed by atoms with Crippen molar-refractivity contribution >= 4 is 17.7 Å². The van der Waals surface area contributed by atoms with Gasteiger partial charge in [-0.05, 0) is 57.9 Å². The number of aryl methyl sites for hydroxylation is 1. The molecule has 0 radical (unpaired) electrons. The number of nitrogens with one attached hydrogen (secondary N) is 1. The molecule has 1 aliphatic carbocycles. The average molecular weight is 360 g/mol. The summed E-state index contributed by atoms with van der Waals surface area (Å²) in [5, 5.41) is 0. The molecule has 1 N–H and O–H groups in total. The second-order valence-corrected chi connectivity index (χ2v) is 7.60. The first kappa shape index (κ1) is 18.7. The molecule has 6 heteroatoms. The number of ether oxygens (including phenoxy) is 1. The number of ketones is 1. The van der Waals surface area contributed by atoms with E-state index < -0.39 is 5.97 Å². The summed E-state index contributed by atoms with van der Waals surface area (Å²) in [6.07, 6.45) is 6.90. The minimum absolute atomic E-state index is 0.0944. The molecule has 2 fully saturated rings. The van der Waals surface area contributed by atoms with E-state index in [1.807, 2.05) is 4.90 Å². The van der Waals surface area contributed by atoms with Gasteiger partial charge in [-0.2, -0.15) is 0 Å². The van der Waals surface area contributed by atoms with Crippen molar-refractivity contribution in [3.8, 4) is 0 Å². The lowest BCUT2D eigenvalue weighted by Gasteiger charge is -2.44. The predicted octanol–water partition coefficient (Wildman–Crippen LogP) is 3.17. The Morgan fingerprint density at radius 3 is 2.50 bits per heavy atom. The summed E-state index contributed by atoms with van der Waals surface area (Å²) < 4.78 is 5.28. The summed E-state index contributed by atoms with van der Waals surface area (Å²) >= 11 is 0. The molecule has 142 valence electrons. The number of fused-ring (bicyclic) bond motifs is 1. The van der Waals surface area contributed by atoms with Crippen LogP contribution in [0.1, 0.15) is 77.6 Å². The highest BCUT2D eigenvalue weighted by Crippen LogP contribution is 2.35. The van der Waals surface area contributed by atoms with Crippen LogP contribution in [0.3, 0.4) is 0 Å². The average Bonchev–Trinajstić information content (AvgIpc) is 2.93. The number of carbonyl (C=O) groups excluding carboxylic acids is 3. The maximum atomic E-state index is 12.6. The molecule has 0 aromatic carbocycles. The number of aromatic amines is 1. The number of amides is 1. The minimum atomic E-state index is -0.580. The lowest BCUT2D eigenvalue weighted by molar-refractivity contribution is -0.140. The van der Waals surface area contributed by atoms with Crippen molar-refractivity contribution in [2.24, 2.45) is 5.92 Å². The van der Waals surface area contributed by atoms with E-state index in [-0.39, 0.29) is 24.0 Å². The van der Waals surface area contributed by atoms with Gasteiger partial charge >= 0.3 is 5.97 Å². The zero-order valence-electron chi connectivity index (χ0n) is 15.9. The third kappa shape index (κ3) is 3.55. The van der Waals surface area contributed by atoms with Crippen LogP contribution in [0.4, 0.5) is 0 Å². The summed E-state index contributed by atoms with van der Waals surface area (Å²) in [4.78, 5) is 41.6. The van der Waals surface area contributed by atoms with Crippen molar-refractivity contribution in [1.29, 1.82) is 0 Å². The fourth-order valence-electron chi connectivity index (χ4n) is 4.70. The van der Waals surface area contributed by atoms with E-state index in [0.29, 0.717) is 28.8 Å². The van der Waals surface area contributed by atoms with Gasteiger partial charge in [0.1, 0.15) is 5.69 Å². The highest BCUT2D eigenvalue weighted by Gasteiger charge is 2.36. The molecular formula is C20H28N2O4. The van der Waals surface area contributed by atoms with Gasteiger partial charge in [0.2, 0.25) is 0 Å². The second-order valence-electron chi connectivity index (χ2n) is 7.60. The van der Waals surface area contributed by atoms with E-state index in [1.165, 1.54) is 32.6 Å². The van der Waals surface area contributed by atoms with Crippen molar-refractivity contribution in [2.75, 3.05) is 13.2 Å². The Hall–Kier alpha value is -2.11. The first-order valence-corrected chi connectivity index (χ1v) is 9.56. The molecule has 2 heterocycles. The summed E-state index contributed by atoms with van der Waals surface area (Å²) in [7, 11) is 0. The zero-order valence-corrected chi connectivity index (χ0v) is 15.9. The molecule has 1 aromatic heterocycles. The minimum Gasteiger partial charge on any atom is -0.451 e. The summed E-state index contributed by atoms with van der Waals surface area (Å²) in [5.74, 6) is -0.182. The summed E-state index contributed by atoms with van der Waals surface area (Å²) in [6.45, 7) is 5.46. The largest absolute Gasteiger partial charge is 0.451 e. The molecule has 1 saturated carbocycles. The number of carbonyl (C=O) groups is 3. The number of piperidine rings is 1.